The summed E-state index contributed by atoms with van der Waals surface area (Å²) in [5, 5.41) is 7.80. The van der Waals surface area contributed by atoms with Gasteiger partial charge in [-0.3, -0.25) is 9.59 Å². The van der Waals surface area contributed by atoms with Crippen LogP contribution in [0, 0.1) is 13.8 Å². The van der Waals surface area contributed by atoms with Crippen LogP contribution in [0.4, 0.5) is 10.5 Å². The summed E-state index contributed by atoms with van der Waals surface area (Å²) in [6, 6.07) is 17.8. The van der Waals surface area contributed by atoms with Crippen LogP contribution in [0.1, 0.15) is 63.3 Å². The minimum Gasteiger partial charge on any atom is -0.444 e. The number of hydrogen-bond acceptors (Lipinski definition) is 4. The van der Waals surface area contributed by atoms with Crippen LogP contribution in [-0.2, 0) is 14.3 Å². The number of carbonyl (C=O) groups excluding carboxylic acids is 3. The number of amides is 3. The van der Waals surface area contributed by atoms with Crippen molar-refractivity contribution in [3.63, 3.8) is 0 Å². The molecule has 0 spiro atoms. The van der Waals surface area contributed by atoms with Gasteiger partial charge in [0.25, 0.3) is 5.91 Å². The summed E-state index contributed by atoms with van der Waals surface area (Å²) >= 11 is 0. The summed E-state index contributed by atoms with van der Waals surface area (Å²) in [4.78, 5) is 41.8. The molecule has 2 unspecified atom stereocenters. The van der Waals surface area contributed by atoms with Crippen LogP contribution in [0.5, 0.6) is 0 Å². The largest absolute Gasteiger partial charge is 0.444 e. The molecular formula is C31H37N3O4. The van der Waals surface area contributed by atoms with Crippen molar-refractivity contribution in [3.8, 4) is 0 Å². The van der Waals surface area contributed by atoms with E-state index < -0.39 is 23.8 Å². The van der Waals surface area contributed by atoms with E-state index in [-0.39, 0.29) is 17.9 Å². The third-order valence-electron chi connectivity index (χ3n) is 6.40. The van der Waals surface area contributed by atoms with E-state index in [2.05, 4.69) is 10.6 Å². The van der Waals surface area contributed by atoms with Gasteiger partial charge in [0.2, 0.25) is 5.91 Å². The monoisotopic (exact) mass is 515 g/mol. The van der Waals surface area contributed by atoms with Gasteiger partial charge in [0.05, 0.1) is 0 Å². The number of carbonyl (C=O) groups is 3. The average molecular weight is 516 g/mol. The van der Waals surface area contributed by atoms with Gasteiger partial charge in [-0.2, -0.15) is 0 Å². The van der Waals surface area contributed by atoms with Gasteiger partial charge in [0.15, 0.2) is 0 Å². The Morgan fingerprint density at radius 1 is 0.921 bits per heavy atom. The highest BCUT2D eigenvalue weighted by Crippen LogP contribution is 2.37. The highest BCUT2D eigenvalue weighted by atomic mass is 16.6. The highest BCUT2D eigenvalue weighted by Gasteiger charge is 2.43. The quantitative estimate of drug-likeness (QED) is 0.402. The molecule has 7 nitrogen and oxygen atoms in total. The molecular weight excluding hydrogens is 478 g/mol. The van der Waals surface area contributed by atoms with Crippen LogP contribution in [-0.4, -0.2) is 40.5 Å². The molecule has 38 heavy (non-hydrogen) atoms. The van der Waals surface area contributed by atoms with Crippen LogP contribution < -0.4 is 10.6 Å². The van der Waals surface area contributed by atoms with Gasteiger partial charge < -0.3 is 20.3 Å². The number of nitrogens with one attached hydrogen (secondary N) is 2. The fourth-order valence-electron chi connectivity index (χ4n) is 4.72. The Balaban J connectivity index is 1.66. The Morgan fingerprint density at radius 2 is 1.55 bits per heavy atom. The van der Waals surface area contributed by atoms with E-state index in [0.29, 0.717) is 5.69 Å². The predicted octanol–water partition coefficient (Wildman–Crippen LogP) is 6.04. The fourth-order valence-corrected chi connectivity index (χ4v) is 4.72. The molecule has 0 saturated heterocycles. The smallest absolute Gasteiger partial charge is 0.408 e. The molecule has 1 aliphatic carbocycles. The lowest BCUT2D eigenvalue weighted by Crippen LogP contribution is -2.52. The zero-order valence-corrected chi connectivity index (χ0v) is 23.0. The van der Waals surface area contributed by atoms with Crippen molar-refractivity contribution in [2.75, 3.05) is 5.32 Å². The number of anilines is 1. The number of rotatable bonds is 7. The topological polar surface area (TPSA) is 87.7 Å². The van der Waals surface area contributed by atoms with E-state index in [4.69, 9.17) is 4.74 Å². The number of aryl methyl sites for hydroxylation is 2. The summed E-state index contributed by atoms with van der Waals surface area (Å²) in [5.41, 5.74) is 2.72. The molecule has 1 aliphatic rings. The molecule has 4 rings (SSSR count). The lowest BCUT2D eigenvalue weighted by atomic mass is 9.98. The molecule has 3 amide bonds. The van der Waals surface area contributed by atoms with Gasteiger partial charge in [0.1, 0.15) is 17.7 Å². The van der Waals surface area contributed by atoms with Gasteiger partial charge >= 0.3 is 6.09 Å². The first-order chi connectivity index (χ1) is 17.9. The molecule has 0 radical (unpaired) electrons. The Labute approximate surface area is 224 Å². The lowest BCUT2D eigenvalue weighted by molar-refractivity contribution is -0.141. The SMILES string of the molecule is Cc1cc(C)cc(C(C(=O)Nc2ccc3ccccc3c2)N(C(=O)C(C)NC(=O)OC(C)(C)C)C2CC2)c1. The molecule has 7 heteroatoms. The van der Waals surface area contributed by atoms with Gasteiger partial charge in [0, 0.05) is 11.7 Å². The van der Waals surface area contributed by atoms with Crippen LogP contribution in [0.2, 0.25) is 0 Å². The van der Waals surface area contributed by atoms with Gasteiger partial charge in [-0.1, -0.05) is 59.7 Å². The van der Waals surface area contributed by atoms with E-state index in [0.717, 1.165) is 40.3 Å². The van der Waals surface area contributed by atoms with Crippen LogP contribution >= 0.6 is 0 Å². The molecule has 0 bridgehead atoms. The van der Waals surface area contributed by atoms with Crippen molar-refractivity contribution in [1.29, 1.82) is 0 Å². The number of ether oxygens (including phenoxy) is 1. The zero-order chi connectivity index (χ0) is 27.6. The maximum atomic E-state index is 14.0. The highest BCUT2D eigenvalue weighted by molar-refractivity contribution is 6.00. The second-order valence-electron chi connectivity index (χ2n) is 11.2. The minimum absolute atomic E-state index is 0.0847. The maximum absolute atomic E-state index is 14.0. The Kier molecular flexibility index (Phi) is 7.76. The van der Waals surface area contributed by atoms with Crippen LogP contribution in [0.15, 0.2) is 60.7 Å². The van der Waals surface area contributed by atoms with Crippen LogP contribution in [0.25, 0.3) is 10.8 Å². The van der Waals surface area contributed by atoms with Gasteiger partial charge in [-0.25, -0.2) is 4.79 Å². The molecule has 2 N–H and O–H groups in total. The Bertz CT molecular complexity index is 1340. The molecule has 0 heterocycles. The first-order valence-corrected chi connectivity index (χ1v) is 13.1. The van der Waals surface area contributed by atoms with Crippen molar-refractivity contribution in [2.24, 2.45) is 0 Å². The minimum atomic E-state index is -0.868. The van der Waals surface area contributed by atoms with Crippen molar-refractivity contribution >= 4 is 34.4 Å². The normalized spacial score (nSPS) is 14.9. The van der Waals surface area contributed by atoms with Gasteiger partial charge in [-0.05, 0) is 82.9 Å². The fraction of sp³-hybridized carbons (Fsp3) is 0.387. The standard InChI is InChI=1S/C31H37N3O4/c1-19-15-20(2)17-24(16-19)27(28(35)33-25-12-11-22-9-7-8-10-23(22)18-25)34(26-13-14-26)29(36)21(3)32-30(37)38-31(4,5)6/h7-12,15-18,21,26-27H,13-14H2,1-6H3,(H,32,37)(H,33,35). The molecule has 200 valence electrons. The Morgan fingerprint density at radius 3 is 2.16 bits per heavy atom. The van der Waals surface area contributed by atoms with Crippen molar-refractivity contribution in [2.45, 2.75) is 78.1 Å². The molecule has 0 aromatic heterocycles. The second-order valence-corrected chi connectivity index (χ2v) is 11.2. The zero-order valence-electron chi connectivity index (χ0n) is 23.0. The summed E-state index contributed by atoms with van der Waals surface area (Å²) < 4.78 is 5.35. The number of fused-ring (bicyclic) bond motifs is 1. The number of alkyl carbamates (subject to hydrolysis) is 1. The van der Waals surface area contributed by atoms with E-state index in [1.165, 1.54) is 0 Å². The van der Waals surface area contributed by atoms with Crippen LogP contribution in [0.3, 0.4) is 0 Å². The first-order valence-electron chi connectivity index (χ1n) is 13.1. The third-order valence-corrected chi connectivity index (χ3v) is 6.40. The summed E-state index contributed by atoms with van der Waals surface area (Å²) in [6.45, 7) is 10.9. The number of hydrogen-bond donors (Lipinski definition) is 2. The second kappa shape index (κ2) is 10.9. The van der Waals surface area contributed by atoms with Crippen molar-refractivity contribution in [3.05, 3.63) is 77.4 Å². The maximum Gasteiger partial charge on any atom is 0.408 e. The van der Waals surface area contributed by atoms with Crippen molar-refractivity contribution < 1.29 is 19.1 Å². The lowest BCUT2D eigenvalue weighted by Gasteiger charge is -2.34. The molecule has 3 aromatic rings. The van der Waals surface area contributed by atoms with E-state index >= 15 is 0 Å². The summed E-state index contributed by atoms with van der Waals surface area (Å²) in [5.74, 6) is -0.619. The molecule has 1 fully saturated rings. The van der Waals surface area contributed by atoms with E-state index in [1.807, 2.05) is 74.5 Å². The van der Waals surface area contributed by atoms with Gasteiger partial charge in [-0.15, -0.1) is 0 Å². The number of nitrogens with zero attached hydrogens (tertiary/aromatic N) is 1. The third kappa shape index (κ3) is 6.71. The van der Waals surface area contributed by atoms with Crippen molar-refractivity contribution in [1.82, 2.24) is 10.2 Å². The summed E-state index contributed by atoms with van der Waals surface area (Å²) in [7, 11) is 0. The van der Waals surface area contributed by atoms with E-state index in [9.17, 15) is 14.4 Å². The summed E-state index contributed by atoms with van der Waals surface area (Å²) in [6.07, 6.45) is 0.933. The molecule has 3 aromatic carbocycles. The van der Waals surface area contributed by atoms with E-state index in [1.54, 1.807) is 32.6 Å². The predicted molar refractivity (Wildman–Crippen MR) is 150 cm³/mol. The average Bonchev–Trinajstić information content (AvgIpc) is 3.65. The first kappa shape index (κ1) is 27.2. The molecule has 2 atom stereocenters. The molecule has 1 saturated carbocycles. The molecule has 0 aliphatic heterocycles. The number of benzene rings is 3. The Hall–Kier alpha value is -3.87.